The average molecular weight is 506 g/mol. The van der Waals surface area contributed by atoms with Gasteiger partial charge in [-0.15, -0.1) is 36.2 Å². The summed E-state index contributed by atoms with van der Waals surface area (Å²) < 4.78 is 26.9. The molecule has 33 heavy (non-hydrogen) atoms. The second kappa shape index (κ2) is 10.0. The normalized spacial score (nSPS) is 10.4. The molecule has 5 aromatic rings. The fourth-order valence-corrected chi connectivity index (χ4v) is 4.12. The zero-order valence-corrected chi connectivity index (χ0v) is 19.0. The Bertz CT molecular complexity index is 1430. The Balaban J connectivity index is 0.00000153. The number of aromatic amines is 1. The number of nitrogens with one attached hydrogen (secondary N) is 2. The van der Waals surface area contributed by atoms with Crippen molar-refractivity contribution in [1.29, 1.82) is 0 Å². The molecule has 0 aliphatic rings. The van der Waals surface area contributed by atoms with E-state index in [2.05, 4.69) is 25.5 Å². The summed E-state index contributed by atoms with van der Waals surface area (Å²) in [7, 11) is 0. The summed E-state index contributed by atoms with van der Waals surface area (Å²) in [4.78, 5) is 22.4. The van der Waals surface area contributed by atoms with Crippen LogP contribution in [-0.4, -0.2) is 26.1 Å². The van der Waals surface area contributed by atoms with E-state index in [0.29, 0.717) is 10.6 Å². The molecule has 0 fully saturated rings. The molecule has 0 radical (unpaired) electrons. The third kappa shape index (κ3) is 4.85. The molecule has 0 atom stereocenters. The molecule has 3 aromatic heterocycles. The van der Waals surface area contributed by atoms with Crippen LogP contribution in [0, 0.1) is 11.6 Å². The number of carbonyl (C=O) groups is 1. The van der Waals surface area contributed by atoms with Crippen molar-refractivity contribution in [3.63, 3.8) is 0 Å². The van der Waals surface area contributed by atoms with Crippen molar-refractivity contribution in [3.05, 3.63) is 83.8 Å². The molecule has 0 bridgehead atoms. The van der Waals surface area contributed by atoms with Gasteiger partial charge in [0.2, 0.25) is 0 Å². The number of amides is 1. The number of nitrogens with zero attached hydrogens (tertiary/aromatic N) is 3. The van der Waals surface area contributed by atoms with Crippen LogP contribution < -0.4 is 5.32 Å². The van der Waals surface area contributed by atoms with Crippen LogP contribution in [0.4, 0.5) is 14.5 Å². The first-order chi connectivity index (χ1) is 15.1. The van der Waals surface area contributed by atoms with Crippen molar-refractivity contribution in [2.24, 2.45) is 0 Å². The summed E-state index contributed by atoms with van der Waals surface area (Å²) in [6.07, 6.45) is 5.00. The number of carbonyl (C=O) groups excluding carboxylic acids is 1. The Morgan fingerprint density at radius 2 is 1.82 bits per heavy atom. The lowest BCUT2D eigenvalue weighted by molar-refractivity contribution is 0.103. The second-order valence-corrected chi connectivity index (χ2v) is 7.77. The van der Waals surface area contributed by atoms with Gasteiger partial charge in [0.05, 0.1) is 32.8 Å². The van der Waals surface area contributed by atoms with Crippen LogP contribution in [0.2, 0.25) is 0 Å². The molecule has 11 heteroatoms. The van der Waals surface area contributed by atoms with E-state index in [4.69, 9.17) is 0 Å². The number of thiophene rings is 1. The average Bonchev–Trinajstić information content (AvgIpc) is 3.47. The van der Waals surface area contributed by atoms with Crippen molar-refractivity contribution in [2.75, 3.05) is 5.32 Å². The fraction of sp³-hybridized carbons (Fsp3) is 0. The standard InChI is InChI=1S/C22H13F2N5OS.2ClH/c23-14-2-4-18(16(24)8-14)29-22(30)20-6-5-19(31-20)21-15-7-12(13-9-27-28-10-13)1-3-17(15)25-11-26-21;;/h1-11H,(H,27,28)(H,29,30);2*1H. The summed E-state index contributed by atoms with van der Waals surface area (Å²) in [5.41, 5.74) is 3.26. The van der Waals surface area contributed by atoms with Gasteiger partial charge in [0.1, 0.15) is 18.0 Å². The van der Waals surface area contributed by atoms with E-state index in [1.165, 1.54) is 23.7 Å². The molecule has 0 spiro atoms. The number of aromatic nitrogens is 4. The molecule has 6 nitrogen and oxygen atoms in total. The lowest BCUT2D eigenvalue weighted by Crippen LogP contribution is -2.11. The van der Waals surface area contributed by atoms with E-state index in [0.717, 1.165) is 39.0 Å². The van der Waals surface area contributed by atoms with Gasteiger partial charge in [0.25, 0.3) is 5.91 Å². The van der Waals surface area contributed by atoms with Gasteiger partial charge in [-0.05, 0) is 42.0 Å². The SMILES string of the molecule is Cl.Cl.O=C(Nc1ccc(F)cc1F)c1ccc(-c2ncnc3ccc(-c4cn[nH]c4)cc23)s1. The topological polar surface area (TPSA) is 83.6 Å². The van der Waals surface area contributed by atoms with Gasteiger partial charge < -0.3 is 5.32 Å². The van der Waals surface area contributed by atoms with Crippen molar-refractivity contribution in [1.82, 2.24) is 20.2 Å². The first-order valence-electron chi connectivity index (χ1n) is 9.19. The minimum absolute atomic E-state index is 0. The third-order valence-electron chi connectivity index (χ3n) is 4.71. The Labute approximate surface area is 202 Å². The minimum Gasteiger partial charge on any atom is -0.319 e. The smallest absolute Gasteiger partial charge is 0.265 e. The molecular formula is C22H15Cl2F2N5OS. The first kappa shape index (κ1) is 24.2. The predicted octanol–water partition coefficient (Wildman–Crippen LogP) is 6.12. The van der Waals surface area contributed by atoms with Crippen LogP contribution in [0.5, 0.6) is 0 Å². The van der Waals surface area contributed by atoms with E-state index in [1.54, 1.807) is 24.5 Å². The largest absolute Gasteiger partial charge is 0.319 e. The van der Waals surface area contributed by atoms with Gasteiger partial charge in [-0.2, -0.15) is 5.10 Å². The monoisotopic (exact) mass is 505 g/mol. The zero-order chi connectivity index (χ0) is 21.4. The highest BCUT2D eigenvalue weighted by atomic mass is 35.5. The predicted molar refractivity (Wildman–Crippen MR) is 129 cm³/mol. The molecule has 0 saturated heterocycles. The number of hydrogen-bond donors (Lipinski definition) is 2. The van der Waals surface area contributed by atoms with E-state index in [-0.39, 0.29) is 30.5 Å². The van der Waals surface area contributed by atoms with Gasteiger partial charge in [-0.3, -0.25) is 9.89 Å². The van der Waals surface area contributed by atoms with Crippen LogP contribution in [0.1, 0.15) is 9.67 Å². The molecule has 5 rings (SSSR count). The molecule has 0 aliphatic carbocycles. The van der Waals surface area contributed by atoms with Crippen LogP contribution in [-0.2, 0) is 0 Å². The quantitative estimate of drug-likeness (QED) is 0.308. The zero-order valence-electron chi connectivity index (χ0n) is 16.6. The maximum absolute atomic E-state index is 13.9. The van der Waals surface area contributed by atoms with Crippen LogP contribution in [0.25, 0.3) is 32.6 Å². The fourth-order valence-electron chi connectivity index (χ4n) is 3.20. The van der Waals surface area contributed by atoms with Gasteiger partial charge in [-0.1, -0.05) is 6.07 Å². The van der Waals surface area contributed by atoms with E-state index >= 15 is 0 Å². The van der Waals surface area contributed by atoms with Crippen molar-refractivity contribution in [3.8, 4) is 21.7 Å². The Kier molecular flexibility index (Phi) is 7.37. The number of benzene rings is 2. The summed E-state index contributed by atoms with van der Waals surface area (Å²) in [5.74, 6) is -2.03. The van der Waals surface area contributed by atoms with Crippen LogP contribution in [0.3, 0.4) is 0 Å². The molecule has 2 aromatic carbocycles. The van der Waals surface area contributed by atoms with Crippen LogP contribution in [0.15, 0.2) is 67.3 Å². The Morgan fingerprint density at radius 1 is 0.970 bits per heavy atom. The summed E-state index contributed by atoms with van der Waals surface area (Å²) in [6, 6.07) is 12.3. The number of H-pyrrole nitrogens is 1. The molecule has 2 N–H and O–H groups in total. The van der Waals surface area contributed by atoms with Gasteiger partial charge >= 0.3 is 0 Å². The number of fused-ring (bicyclic) bond motifs is 1. The number of hydrogen-bond acceptors (Lipinski definition) is 5. The Hall–Kier alpha value is -3.40. The van der Waals surface area contributed by atoms with E-state index in [1.807, 2.05) is 18.2 Å². The first-order valence-corrected chi connectivity index (χ1v) is 10.0. The van der Waals surface area contributed by atoms with Gasteiger partial charge in [0.15, 0.2) is 0 Å². The summed E-state index contributed by atoms with van der Waals surface area (Å²) in [5, 5.41) is 10.1. The van der Waals surface area contributed by atoms with Crippen molar-refractivity contribution in [2.45, 2.75) is 0 Å². The highest BCUT2D eigenvalue weighted by Crippen LogP contribution is 2.33. The molecule has 0 unspecified atom stereocenters. The minimum atomic E-state index is -0.835. The number of rotatable bonds is 4. The van der Waals surface area contributed by atoms with Crippen molar-refractivity contribution >= 4 is 58.6 Å². The maximum atomic E-state index is 13.9. The molecule has 1 amide bonds. The molecule has 168 valence electrons. The number of halogens is 4. The molecule has 3 heterocycles. The van der Waals surface area contributed by atoms with Crippen molar-refractivity contribution < 1.29 is 13.6 Å². The summed E-state index contributed by atoms with van der Waals surface area (Å²) in [6.45, 7) is 0. The Morgan fingerprint density at radius 3 is 2.58 bits per heavy atom. The van der Waals surface area contributed by atoms with Crippen LogP contribution >= 0.6 is 36.2 Å². The number of anilines is 1. The lowest BCUT2D eigenvalue weighted by Gasteiger charge is -2.06. The molecule has 0 aliphatic heterocycles. The van der Waals surface area contributed by atoms with Gasteiger partial charge in [-0.25, -0.2) is 18.7 Å². The highest BCUT2D eigenvalue weighted by Gasteiger charge is 2.16. The third-order valence-corrected chi connectivity index (χ3v) is 5.80. The maximum Gasteiger partial charge on any atom is 0.265 e. The lowest BCUT2D eigenvalue weighted by atomic mass is 10.0. The van der Waals surface area contributed by atoms with E-state index in [9.17, 15) is 13.6 Å². The van der Waals surface area contributed by atoms with E-state index < -0.39 is 17.5 Å². The highest BCUT2D eigenvalue weighted by molar-refractivity contribution is 7.17. The molecule has 0 saturated carbocycles. The summed E-state index contributed by atoms with van der Waals surface area (Å²) >= 11 is 1.22. The molecular weight excluding hydrogens is 491 g/mol. The second-order valence-electron chi connectivity index (χ2n) is 6.68. The van der Waals surface area contributed by atoms with Gasteiger partial charge in [0, 0.05) is 23.2 Å².